The van der Waals surface area contributed by atoms with Crippen LogP contribution in [0.15, 0.2) is 24.3 Å². The van der Waals surface area contributed by atoms with E-state index in [1.165, 1.54) is 12.8 Å². The lowest BCUT2D eigenvalue weighted by molar-refractivity contribution is -0.117. The van der Waals surface area contributed by atoms with Crippen molar-refractivity contribution in [2.75, 3.05) is 25.0 Å². The van der Waals surface area contributed by atoms with Crippen LogP contribution in [-0.2, 0) is 4.79 Å². The number of fused-ring (bicyclic) bond motifs is 2. The van der Waals surface area contributed by atoms with E-state index in [1.807, 2.05) is 31.2 Å². The van der Waals surface area contributed by atoms with Gasteiger partial charge in [0, 0.05) is 30.9 Å². The monoisotopic (exact) mass is 259 g/mol. The highest BCUT2D eigenvalue weighted by Crippen LogP contribution is 2.20. The number of carbonyl (C=O) groups is 1. The molecule has 2 N–H and O–H groups in total. The first-order chi connectivity index (χ1) is 9.20. The summed E-state index contributed by atoms with van der Waals surface area (Å²) in [4.78, 5) is 14.4. The predicted molar refractivity (Wildman–Crippen MR) is 76.2 cm³/mol. The molecular weight excluding hydrogens is 238 g/mol. The number of para-hydroxylation sites is 1. The largest absolute Gasteiger partial charge is 0.325 e. The van der Waals surface area contributed by atoms with Gasteiger partial charge in [-0.25, -0.2) is 0 Å². The topological polar surface area (TPSA) is 44.4 Å². The number of aryl methyl sites for hydroxylation is 1. The van der Waals surface area contributed by atoms with E-state index in [-0.39, 0.29) is 5.91 Å². The third kappa shape index (κ3) is 2.96. The van der Waals surface area contributed by atoms with Crippen molar-refractivity contribution in [3.63, 3.8) is 0 Å². The third-order valence-corrected chi connectivity index (χ3v) is 4.08. The molecule has 1 amide bonds. The zero-order valence-electron chi connectivity index (χ0n) is 11.4. The van der Waals surface area contributed by atoms with Crippen LogP contribution in [0, 0.1) is 6.92 Å². The van der Waals surface area contributed by atoms with Gasteiger partial charge in [-0.3, -0.25) is 9.69 Å². The summed E-state index contributed by atoms with van der Waals surface area (Å²) in [5.41, 5.74) is 2.03. The normalized spacial score (nSPS) is 26.4. The Labute approximate surface area is 114 Å². The van der Waals surface area contributed by atoms with Crippen molar-refractivity contribution in [1.29, 1.82) is 0 Å². The number of anilines is 1. The van der Waals surface area contributed by atoms with Gasteiger partial charge in [-0.2, -0.15) is 0 Å². The molecule has 0 aromatic heterocycles. The number of hydrogen-bond acceptors (Lipinski definition) is 3. The molecule has 4 nitrogen and oxygen atoms in total. The van der Waals surface area contributed by atoms with Crippen molar-refractivity contribution in [3.8, 4) is 0 Å². The van der Waals surface area contributed by atoms with Crippen LogP contribution in [-0.4, -0.2) is 42.5 Å². The van der Waals surface area contributed by atoms with Crippen LogP contribution in [0.25, 0.3) is 0 Å². The summed E-state index contributed by atoms with van der Waals surface area (Å²) in [6.45, 7) is 4.51. The summed E-state index contributed by atoms with van der Waals surface area (Å²) in [5.74, 6) is 0.0931. The maximum absolute atomic E-state index is 12.1. The molecule has 0 aliphatic carbocycles. The Morgan fingerprint density at radius 2 is 2.00 bits per heavy atom. The molecule has 3 rings (SSSR count). The lowest BCUT2D eigenvalue weighted by Gasteiger charge is -2.32. The summed E-state index contributed by atoms with van der Waals surface area (Å²) in [6, 6.07) is 9.08. The number of amides is 1. The van der Waals surface area contributed by atoms with Crippen molar-refractivity contribution < 1.29 is 4.79 Å². The van der Waals surface area contributed by atoms with Crippen molar-refractivity contribution in [2.45, 2.75) is 31.8 Å². The molecule has 1 aromatic carbocycles. The van der Waals surface area contributed by atoms with Crippen LogP contribution in [0.3, 0.4) is 0 Å². The van der Waals surface area contributed by atoms with E-state index in [9.17, 15) is 4.79 Å². The van der Waals surface area contributed by atoms with Gasteiger partial charge < -0.3 is 10.6 Å². The van der Waals surface area contributed by atoms with Crippen LogP contribution in [0.5, 0.6) is 0 Å². The summed E-state index contributed by atoms with van der Waals surface area (Å²) < 4.78 is 0. The fourth-order valence-corrected chi connectivity index (χ4v) is 3.12. The van der Waals surface area contributed by atoms with Gasteiger partial charge in [0.1, 0.15) is 0 Å². The van der Waals surface area contributed by atoms with Gasteiger partial charge in [0.15, 0.2) is 0 Å². The number of carbonyl (C=O) groups excluding carboxylic acids is 1. The van der Waals surface area contributed by atoms with E-state index >= 15 is 0 Å². The molecule has 2 aliphatic heterocycles. The van der Waals surface area contributed by atoms with Crippen molar-refractivity contribution in [3.05, 3.63) is 29.8 Å². The van der Waals surface area contributed by atoms with E-state index < -0.39 is 0 Å². The van der Waals surface area contributed by atoms with Gasteiger partial charge in [0.05, 0.1) is 6.54 Å². The number of rotatable bonds is 3. The SMILES string of the molecule is Cc1ccccc1NC(=O)CN1CC2CCC(C1)N2. The maximum atomic E-state index is 12.1. The summed E-state index contributed by atoms with van der Waals surface area (Å²) >= 11 is 0. The van der Waals surface area contributed by atoms with E-state index in [2.05, 4.69) is 15.5 Å². The lowest BCUT2D eigenvalue weighted by Crippen LogP contribution is -2.52. The second-order valence-electron chi connectivity index (χ2n) is 5.70. The second-order valence-corrected chi connectivity index (χ2v) is 5.70. The Morgan fingerprint density at radius 1 is 1.32 bits per heavy atom. The molecule has 0 radical (unpaired) electrons. The molecule has 2 saturated heterocycles. The molecule has 102 valence electrons. The lowest BCUT2D eigenvalue weighted by atomic mass is 10.2. The molecule has 2 heterocycles. The summed E-state index contributed by atoms with van der Waals surface area (Å²) in [5, 5.41) is 6.59. The Kier molecular flexibility index (Phi) is 3.53. The highest BCUT2D eigenvalue weighted by Gasteiger charge is 2.32. The number of nitrogens with one attached hydrogen (secondary N) is 2. The van der Waals surface area contributed by atoms with Crippen LogP contribution in [0.4, 0.5) is 5.69 Å². The summed E-state index contributed by atoms with van der Waals surface area (Å²) in [7, 11) is 0. The Hall–Kier alpha value is -1.39. The number of benzene rings is 1. The van der Waals surface area contributed by atoms with Crippen molar-refractivity contribution in [2.24, 2.45) is 0 Å². The first-order valence-electron chi connectivity index (χ1n) is 7.04. The van der Waals surface area contributed by atoms with E-state index in [0.29, 0.717) is 18.6 Å². The van der Waals surface area contributed by atoms with Crippen LogP contribution < -0.4 is 10.6 Å². The zero-order chi connectivity index (χ0) is 13.2. The molecule has 2 aliphatic rings. The zero-order valence-corrected chi connectivity index (χ0v) is 11.4. The number of likely N-dealkylation sites (tertiary alicyclic amines) is 1. The van der Waals surface area contributed by atoms with E-state index in [0.717, 1.165) is 24.3 Å². The van der Waals surface area contributed by atoms with E-state index in [1.54, 1.807) is 0 Å². The molecule has 1 aromatic rings. The Balaban J connectivity index is 1.56. The number of piperazine rings is 1. The fourth-order valence-electron chi connectivity index (χ4n) is 3.12. The quantitative estimate of drug-likeness (QED) is 0.861. The first kappa shape index (κ1) is 12.6. The maximum Gasteiger partial charge on any atom is 0.238 e. The second kappa shape index (κ2) is 5.31. The highest BCUT2D eigenvalue weighted by molar-refractivity contribution is 5.92. The average molecular weight is 259 g/mol. The predicted octanol–water partition coefficient (Wildman–Crippen LogP) is 1.37. The van der Waals surface area contributed by atoms with Gasteiger partial charge in [-0.1, -0.05) is 18.2 Å². The molecule has 4 heteroatoms. The Bertz CT molecular complexity index is 462. The average Bonchev–Trinajstić information content (AvgIpc) is 2.72. The van der Waals surface area contributed by atoms with Gasteiger partial charge >= 0.3 is 0 Å². The molecular formula is C15H21N3O. The molecule has 2 bridgehead atoms. The molecule has 2 unspecified atom stereocenters. The smallest absolute Gasteiger partial charge is 0.238 e. The molecule has 19 heavy (non-hydrogen) atoms. The fraction of sp³-hybridized carbons (Fsp3) is 0.533. The van der Waals surface area contributed by atoms with Crippen LogP contribution >= 0.6 is 0 Å². The van der Waals surface area contributed by atoms with Gasteiger partial charge in [-0.15, -0.1) is 0 Å². The Morgan fingerprint density at radius 3 is 2.68 bits per heavy atom. The first-order valence-corrected chi connectivity index (χ1v) is 7.04. The van der Waals surface area contributed by atoms with Crippen molar-refractivity contribution >= 4 is 11.6 Å². The standard InChI is InChI=1S/C15H21N3O/c1-11-4-2-3-5-14(11)17-15(19)10-18-8-12-6-7-13(9-18)16-12/h2-5,12-13,16H,6-10H2,1H3,(H,17,19). The van der Waals surface area contributed by atoms with Gasteiger partial charge in [0.2, 0.25) is 5.91 Å². The van der Waals surface area contributed by atoms with Crippen molar-refractivity contribution in [1.82, 2.24) is 10.2 Å². The van der Waals surface area contributed by atoms with Crippen LogP contribution in [0.1, 0.15) is 18.4 Å². The van der Waals surface area contributed by atoms with Gasteiger partial charge in [0.25, 0.3) is 0 Å². The third-order valence-electron chi connectivity index (χ3n) is 4.08. The molecule has 2 fully saturated rings. The summed E-state index contributed by atoms with van der Waals surface area (Å²) in [6.07, 6.45) is 2.50. The minimum Gasteiger partial charge on any atom is -0.325 e. The highest BCUT2D eigenvalue weighted by atomic mass is 16.2. The molecule has 0 spiro atoms. The molecule has 2 atom stereocenters. The van der Waals surface area contributed by atoms with Gasteiger partial charge in [-0.05, 0) is 31.4 Å². The van der Waals surface area contributed by atoms with Crippen LogP contribution in [0.2, 0.25) is 0 Å². The minimum atomic E-state index is 0.0931. The molecule has 0 saturated carbocycles. The number of hydrogen-bond donors (Lipinski definition) is 2. The minimum absolute atomic E-state index is 0.0931. The number of nitrogens with zero attached hydrogens (tertiary/aromatic N) is 1. The van der Waals surface area contributed by atoms with E-state index in [4.69, 9.17) is 0 Å².